The molecule has 0 unspecified atom stereocenters. The van der Waals surface area contributed by atoms with Gasteiger partial charge in [-0.3, -0.25) is 4.68 Å². The van der Waals surface area contributed by atoms with Crippen LogP contribution in [0.3, 0.4) is 0 Å². The summed E-state index contributed by atoms with van der Waals surface area (Å²) in [6.45, 7) is 4.63. The number of rotatable bonds is 5. The van der Waals surface area contributed by atoms with Gasteiger partial charge in [0.15, 0.2) is 17.5 Å². The number of nitrogens with one attached hydrogen (secondary N) is 2. The third-order valence-corrected chi connectivity index (χ3v) is 5.04. The molecule has 0 saturated heterocycles. The fourth-order valence-corrected chi connectivity index (χ4v) is 3.22. The van der Waals surface area contributed by atoms with Crippen LogP contribution in [0.4, 0.5) is 5.69 Å². The predicted molar refractivity (Wildman–Crippen MR) is 133 cm³/mol. The molecule has 7 nitrogen and oxygen atoms in total. The molecule has 2 aromatic carbocycles. The first kappa shape index (κ1) is 22.9. The van der Waals surface area contributed by atoms with E-state index in [1.165, 1.54) is 11.1 Å². The molecule has 2 heterocycles. The Labute approximate surface area is 199 Å². The van der Waals surface area contributed by atoms with Gasteiger partial charge in [-0.05, 0) is 36.2 Å². The van der Waals surface area contributed by atoms with Crippen molar-refractivity contribution in [2.75, 3.05) is 18.5 Å². The van der Waals surface area contributed by atoms with Crippen molar-refractivity contribution in [3.8, 4) is 11.5 Å². The van der Waals surface area contributed by atoms with Crippen LogP contribution in [0.5, 0.6) is 11.5 Å². The number of hydrogen-bond donors (Lipinski definition) is 2. The lowest BCUT2D eigenvalue weighted by Crippen LogP contribution is -2.31. The summed E-state index contributed by atoms with van der Waals surface area (Å²) in [7, 11) is 1.93. The molecule has 0 amide bonds. The first-order chi connectivity index (χ1) is 14.7. The lowest BCUT2D eigenvalue weighted by Gasteiger charge is -2.15. The van der Waals surface area contributed by atoms with Gasteiger partial charge in [0, 0.05) is 31.4 Å². The van der Waals surface area contributed by atoms with Gasteiger partial charge in [-0.15, -0.1) is 24.0 Å². The topological polar surface area (TPSA) is 72.7 Å². The van der Waals surface area contributed by atoms with Crippen LogP contribution in [0.15, 0.2) is 59.7 Å². The highest BCUT2D eigenvalue weighted by molar-refractivity contribution is 14.0. The Kier molecular flexibility index (Phi) is 8.16. The summed E-state index contributed by atoms with van der Waals surface area (Å²) >= 11 is 0. The molecule has 31 heavy (non-hydrogen) atoms. The van der Waals surface area contributed by atoms with Crippen molar-refractivity contribution < 1.29 is 9.47 Å². The number of fused-ring (bicyclic) bond motifs is 1. The third-order valence-electron chi connectivity index (χ3n) is 5.04. The van der Waals surface area contributed by atoms with Crippen LogP contribution in [0.2, 0.25) is 0 Å². The van der Waals surface area contributed by atoms with Crippen molar-refractivity contribution in [3.05, 3.63) is 71.5 Å². The zero-order valence-electron chi connectivity index (χ0n) is 17.8. The number of aromatic nitrogens is 2. The normalized spacial score (nSPS) is 13.2. The van der Waals surface area contributed by atoms with Crippen LogP contribution in [-0.4, -0.2) is 29.0 Å². The largest absolute Gasteiger partial charge is 0.490 e. The number of aliphatic imine (C=N–C) groups is 1. The van der Waals surface area contributed by atoms with E-state index in [-0.39, 0.29) is 24.0 Å². The molecule has 8 heteroatoms. The van der Waals surface area contributed by atoms with Crippen molar-refractivity contribution >= 4 is 35.6 Å². The number of guanidine groups is 1. The van der Waals surface area contributed by atoms with Crippen LogP contribution in [0.1, 0.15) is 23.2 Å². The van der Waals surface area contributed by atoms with Gasteiger partial charge >= 0.3 is 0 Å². The first-order valence-corrected chi connectivity index (χ1v) is 10.2. The average molecular weight is 533 g/mol. The van der Waals surface area contributed by atoms with Crippen molar-refractivity contribution in [2.24, 2.45) is 12.0 Å². The van der Waals surface area contributed by atoms with Gasteiger partial charge in [-0.1, -0.05) is 24.3 Å². The van der Waals surface area contributed by atoms with E-state index in [2.05, 4.69) is 34.8 Å². The third kappa shape index (κ3) is 6.13. The second kappa shape index (κ2) is 11.0. The van der Waals surface area contributed by atoms with E-state index in [1.54, 1.807) is 6.20 Å². The standard InChI is InChI=1S/C23H27N5O2.HI/c1-17-6-3-4-7-18(17)15-24-23(25-16-20-10-11-26-28(20)2)27-19-8-9-21-22(14-19)30-13-5-12-29-21;/h3-4,6-11,14H,5,12-13,15-16H2,1-2H3,(H2,24,25,27);1H. The minimum Gasteiger partial charge on any atom is -0.490 e. The Bertz CT molecular complexity index is 1030. The second-order valence-corrected chi connectivity index (χ2v) is 7.23. The number of halogens is 1. The molecule has 0 radical (unpaired) electrons. The molecule has 1 aromatic heterocycles. The van der Waals surface area contributed by atoms with Crippen molar-refractivity contribution in [1.82, 2.24) is 15.1 Å². The van der Waals surface area contributed by atoms with E-state index in [0.29, 0.717) is 32.3 Å². The Morgan fingerprint density at radius 1 is 1.10 bits per heavy atom. The fraction of sp³-hybridized carbons (Fsp3) is 0.304. The second-order valence-electron chi connectivity index (χ2n) is 7.23. The van der Waals surface area contributed by atoms with E-state index in [4.69, 9.17) is 14.5 Å². The van der Waals surface area contributed by atoms with E-state index >= 15 is 0 Å². The molecule has 0 spiro atoms. The van der Waals surface area contributed by atoms with E-state index in [1.807, 2.05) is 48.1 Å². The van der Waals surface area contributed by atoms with Crippen LogP contribution in [0, 0.1) is 6.92 Å². The molecule has 0 fully saturated rings. The van der Waals surface area contributed by atoms with Gasteiger partial charge in [-0.2, -0.15) is 5.10 Å². The number of hydrogen-bond acceptors (Lipinski definition) is 4. The Balaban J connectivity index is 0.00000272. The monoisotopic (exact) mass is 533 g/mol. The highest BCUT2D eigenvalue weighted by atomic mass is 127. The quantitative estimate of drug-likeness (QED) is 0.291. The van der Waals surface area contributed by atoms with Crippen LogP contribution < -0.4 is 20.1 Å². The Hall–Kier alpha value is -2.75. The Morgan fingerprint density at radius 2 is 1.90 bits per heavy atom. The molecular formula is C23H28IN5O2. The number of benzene rings is 2. The van der Waals surface area contributed by atoms with E-state index in [0.717, 1.165) is 29.3 Å². The summed E-state index contributed by atoms with van der Waals surface area (Å²) in [6.07, 6.45) is 2.67. The lowest BCUT2D eigenvalue weighted by atomic mass is 10.1. The van der Waals surface area contributed by atoms with Crippen molar-refractivity contribution in [2.45, 2.75) is 26.4 Å². The summed E-state index contributed by atoms with van der Waals surface area (Å²) in [5, 5.41) is 11.0. The highest BCUT2D eigenvalue weighted by Crippen LogP contribution is 2.32. The number of nitrogens with zero attached hydrogens (tertiary/aromatic N) is 3. The first-order valence-electron chi connectivity index (χ1n) is 10.2. The van der Waals surface area contributed by atoms with Crippen LogP contribution in [0.25, 0.3) is 0 Å². The predicted octanol–water partition coefficient (Wildman–Crippen LogP) is 4.27. The van der Waals surface area contributed by atoms with Gasteiger partial charge in [0.2, 0.25) is 0 Å². The minimum atomic E-state index is 0. The molecule has 1 aliphatic rings. The maximum atomic E-state index is 5.81. The minimum absolute atomic E-state index is 0. The number of aryl methyl sites for hydroxylation is 2. The summed E-state index contributed by atoms with van der Waals surface area (Å²) in [5.74, 6) is 2.22. The van der Waals surface area contributed by atoms with Gasteiger partial charge in [0.1, 0.15) is 0 Å². The maximum absolute atomic E-state index is 5.81. The SMILES string of the molecule is Cc1ccccc1CN=C(NCc1ccnn1C)Nc1ccc2c(c1)OCCCO2.I. The van der Waals surface area contributed by atoms with Crippen LogP contribution >= 0.6 is 24.0 Å². The molecule has 3 aromatic rings. The smallest absolute Gasteiger partial charge is 0.196 e. The van der Waals surface area contributed by atoms with E-state index in [9.17, 15) is 0 Å². The molecular weight excluding hydrogens is 505 g/mol. The van der Waals surface area contributed by atoms with Gasteiger partial charge in [0.05, 0.1) is 32.0 Å². The van der Waals surface area contributed by atoms with Gasteiger partial charge in [0.25, 0.3) is 0 Å². The van der Waals surface area contributed by atoms with Gasteiger partial charge in [-0.25, -0.2) is 4.99 Å². The molecule has 0 aliphatic carbocycles. The van der Waals surface area contributed by atoms with Crippen molar-refractivity contribution in [1.29, 1.82) is 0 Å². The highest BCUT2D eigenvalue weighted by Gasteiger charge is 2.12. The summed E-state index contributed by atoms with van der Waals surface area (Å²) in [6, 6.07) is 16.1. The Morgan fingerprint density at radius 3 is 2.68 bits per heavy atom. The molecule has 0 saturated carbocycles. The molecule has 0 atom stereocenters. The number of ether oxygens (including phenoxy) is 2. The average Bonchev–Trinajstić information content (AvgIpc) is 3.02. The molecule has 1 aliphatic heterocycles. The molecule has 4 rings (SSSR count). The molecule has 0 bridgehead atoms. The summed E-state index contributed by atoms with van der Waals surface area (Å²) < 4.78 is 13.4. The molecule has 164 valence electrons. The molecule has 2 N–H and O–H groups in total. The lowest BCUT2D eigenvalue weighted by molar-refractivity contribution is 0.297. The van der Waals surface area contributed by atoms with E-state index < -0.39 is 0 Å². The van der Waals surface area contributed by atoms with Crippen molar-refractivity contribution in [3.63, 3.8) is 0 Å². The van der Waals surface area contributed by atoms with Crippen LogP contribution in [-0.2, 0) is 20.1 Å². The summed E-state index contributed by atoms with van der Waals surface area (Å²) in [5.41, 5.74) is 4.37. The number of anilines is 1. The van der Waals surface area contributed by atoms with Gasteiger partial charge < -0.3 is 20.1 Å². The zero-order chi connectivity index (χ0) is 20.8. The fourth-order valence-electron chi connectivity index (χ4n) is 3.22. The summed E-state index contributed by atoms with van der Waals surface area (Å²) in [4.78, 5) is 4.80. The zero-order valence-corrected chi connectivity index (χ0v) is 20.1. The maximum Gasteiger partial charge on any atom is 0.196 e.